The highest BCUT2D eigenvalue weighted by atomic mass is 35.5. The summed E-state index contributed by atoms with van der Waals surface area (Å²) >= 11 is 6.11. The zero-order chi connectivity index (χ0) is 30.6. The Morgan fingerprint density at radius 1 is 1.00 bits per heavy atom. The third kappa shape index (κ3) is 4.76. The number of carbonyl (C=O) groups is 2. The first-order valence-electron chi connectivity index (χ1n) is 15.0. The van der Waals surface area contributed by atoms with Crippen LogP contribution in [0.25, 0.3) is 39.5 Å². The van der Waals surface area contributed by atoms with Crippen molar-refractivity contribution in [1.82, 2.24) is 29.4 Å². The fourth-order valence-electron chi connectivity index (χ4n) is 7.08. The number of benzene rings is 2. The summed E-state index contributed by atoms with van der Waals surface area (Å²) in [7, 11) is 3.98. The summed E-state index contributed by atoms with van der Waals surface area (Å²) in [6.07, 6.45) is 13.2. The summed E-state index contributed by atoms with van der Waals surface area (Å²) in [6.45, 7) is 0. The molecule has 2 aromatic carbocycles. The van der Waals surface area contributed by atoms with Crippen molar-refractivity contribution in [3.05, 3.63) is 82.4 Å². The second-order valence-electron chi connectivity index (χ2n) is 12.1. The molecule has 10 heteroatoms. The number of aryl methyl sites for hydroxylation is 2. The number of carbonyl (C=O) groups excluding carboxylic acids is 1. The smallest absolute Gasteiger partial charge is 0.328 e. The minimum Gasteiger partial charge on any atom is -0.478 e. The Bertz CT molecular complexity index is 1960. The summed E-state index contributed by atoms with van der Waals surface area (Å²) in [6, 6.07) is 11.7. The van der Waals surface area contributed by atoms with Gasteiger partial charge in [0.1, 0.15) is 5.82 Å². The molecule has 2 fully saturated rings. The number of rotatable bonds is 7. The number of halogens is 1. The van der Waals surface area contributed by atoms with Crippen LogP contribution < -0.4 is 5.32 Å². The number of amides is 1. The van der Waals surface area contributed by atoms with Crippen molar-refractivity contribution < 1.29 is 14.7 Å². The quantitative estimate of drug-likeness (QED) is 0.198. The van der Waals surface area contributed by atoms with E-state index >= 15 is 0 Å². The molecule has 224 valence electrons. The van der Waals surface area contributed by atoms with Crippen LogP contribution in [0.2, 0.25) is 5.02 Å². The highest BCUT2D eigenvalue weighted by Crippen LogP contribution is 2.45. The maximum absolute atomic E-state index is 13.9. The third-order valence-electron chi connectivity index (χ3n) is 9.41. The van der Waals surface area contributed by atoms with E-state index in [0.29, 0.717) is 22.3 Å². The van der Waals surface area contributed by atoms with Crippen molar-refractivity contribution in [3.63, 3.8) is 0 Å². The Morgan fingerprint density at radius 2 is 1.75 bits per heavy atom. The van der Waals surface area contributed by atoms with E-state index in [9.17, 15) is 9.59 Å². The summed E-state index contributed by atoms with van der Waals surface area (Å²) < 4.78 is 4.15. The van der Waals surface area contributed by atoms with Crippen molar-refractivity contribution >= 4 is 51.5 Å². The largest absolute Gasteiger partial charge is 0.478 e. The number of carboxylic acid groups (broad SMARTS) is 1. The van der Waals surface area contributed by atoms with Gasteiger partial charge in [-0.15, -0.1) is 0 Å². The molecule has 44 heavy (non-hydrogen) atoms. The molecule has 0 aliphatic heterocycles. The van der Waals surface area contributed by atoms with Crippen LogP contribution in [0.3, 0.4) is 0 Å². The van der Waals surface area contributed by atoms with E-state index in [0.717, 1.165) is 77.2 Å². The van der Waals surface area contributed by atoms with Crippen molar-refractivity contribution in [3.8, 4) is 11.5 Å². The van der Waals surface area contributed by atoms with Gasteiger partial charge in [0.2, 0.25) is 0 Å². The Balaban J connectivity index is 1.24. The van der Waals surface area contributed by atoms with Crippen LogP contribution in [0.1, 0.15) is 78.2 Å². The molecule has 1 amide bonds. The minimum atomic E-state index is -0.999. The first-order chi connectivity index (χ1) is 21.2. The topological polar surface area (TPSA) is 115 Å². The van der Waals surface area contributed by atoms with E-state index in [-0.39, 0.29) is 5.91 Å². The van der Waals surface area contributed by atoms with Gasteiger partial charge in [-0.1, -0.05) is 36.6 Å². The number of nitrogens with zero attached hydrogens (tertiary/aromatic N) is 5. The first kappa shape index (κ1) is 28.3. The van der Waals surface area contributed by atoms with Gasteiger partial charge >= 0.3 is 5.97 Å². The van der Waals surface area contributed by atoms with Crippen molar-refractivity contribution in [2.24, 2.45) is 14.1 Å². The van der Waals surface area contributed by atoms with Gasteiger partial charge in [-0.3, -0.25) is 4.79 Å². The second kappa shape index (κ2) is 10.9. The average molecular weight is 609 g/mol. The molecule has 0 bridgehead atoms. The maximum Gasteiger partial charge on any atom is 0.328 e. The van der Waals surface area contributed by atoms with Gasteiger partial charge < -0.3 is 19.6 Å². The maximum atomic E-state index is 13.9. The molecule has 0 unspecified atom stereocenters. The molecule has 3 aromatic heterocycles. The molecular weight excluding hydrogens is 576 g/mol. The van der Waals surface area contributed by atoms with Crippen molar-refractivity contribution in [2.75, 3.05) is 0 Å². The van der Waals surface area contributed by atoms with E-state index < -0.39 is 11.5 Å². The van der Waals surface area contributed by atoms with Crippen LogP contribution in [-0.4, -0.2) is 41.1 Å². The van der Waals surface area contributed by atoms with Gasteiger partial charge in [-0.25, -0.2) is 19.7 Å². The molecule has 2 aliphatic rings. The van der Waals surface area contributed by atoms with E-state index in [4.69, 9.17) is 21.7 Å². The van der Waals surface area contributed by atoms with E-state index in [1.165, 1.54) is 18.4 Å². The lowest BCUT2D eigenvalue weighted by Gasteiger charge is -2.41. The fourth-order valence-corrected chi connectivity index (χ4v) is 7.18. The summed E-state index contributed by atoms with van der Waals surface area (Å²) in [5, 5.41) is 14.0. The Morgan fingerprint density at radius 3 is 2.43 bits per heavy atom. The van der Waals surface area contributed by atoms with Crippen LogP contribution in [0.5, 0.6) is 0 Å². The first-order valence-corrected chi connectivity index (χ1v) is 15.4. The van der Waals surface area contributed by atoms with Crippen molar-refractivity contribution in [1.29, 1.82) is 0 Å². The standard InChI is InChI=1S/C34H33ClN6O3/c1-40-27-17-22(10-11-24(27)29(21-6-3-4-7-21)30(40)31-36-18-23(35)19-37-31)32(44)39-34(14-5-15-34)33-38-25-16-20(9-13-28(42)43)8-12-26(25)41(33)2/h8-13,16-19,21H,3-7,14-15H2,1-2H3,(H,39,44)(H,42,43). The molecule has 2 saturated carbocycles. The predicted molar refractivity (Wildman–Crippen MR) is 171 cm³/mol. The van der Waals surface area contributed by atoms with E-state index in [1.54, 1.807) is 18.5 Å². The Hall–Kier alpha value is -4.50. The van der Waals surface area contributed by atoms with Gasteiger partial charge in [0.05, 0.1) is 27.3 Å². The zero-order valence-corrected chi connectivity index (χ0v) is 25.4. The van der Waals surface area contributed by atoms with E-state index in [2.05, 4.69) is 25.9 Å². The molecule has 0 atom stereocenters. The predicted octanol–water partition coefficient (Wildman–Crippen LogP) is 6.74. The minimum absolute atomic E-state index is 0.142. The highest BCUT2D eigenvalue weighted by molar-refractivity contribution is 6.30. The van der Waals surface area contributed by atoms with Crippen LogP contribution in [-0.2, 0) is 24.4 Å². The number of nitrogens with one attached hydrogen (secondary N) is 1. The molecule has 7 rings (SSSR count). The molecular formula is C34H33ClN6O3. The van der Waals surface area contributed by atoms with Gasteiger partial charge in [0, 0.05) is 49.0 Å². The molecule has 5 aromatic rings. The fraction of sp³-hybridized carbons (Fsp3) is 0.324. The Labute approximate surface area is 259 Å². The molecule has 2 aliphatic carbocycles. The normalized spacial score (nSPS) is 16.6. The van der Waals surface area contributed by atoms with Gasteiger partial charge in [-0.2, -0.15) is 0 Å². The van der Waals surface area contributed by atoms with Gasteiger partial charge in [-0.05, 0) is 79.5 Å². The van der Waals surface area contributed by atoms with Gasteiger partial charge in [0.25, 0.3) is 5.91 Å². The number of aliphatic carboxylic acids is 1. The molecule has 9 nitrogen and oxygen atoms in total. The SMILES string of the molecule is Cn1c(C2(NC(=O)c3ccc4c(C5CCCC5)c(-c5ncc(Cl)cn5)n(C)c4c3)CCC2)nc2cc(C=CC(=O)O)ccc21. The summed E-state index contributed by atoms with van der Waals surface area (Å²) in [4.78, 5) is 39.0. The summed E-state index contributed by atoms with van der Waals surface area (Å²) in [5.74, 6) is 0.718. The molecule has 0 spiro atoms. The lowest BCUT2D eigenvalue weighted by atomic mass is 9.75. The Kier molecular flexibility index (Phi) is 7.00. The number of hydrogen-bond donors (Lipinski definition) is 2. The van der Waals surface area contributed by atoms with Crippen LogP contribution in [0.4, 0.5) is 0 Å². The average Bonchev–Trinajstić information content (AvgIpc) is 3.71. The number of imidazole rings is 1. The molecule has 3 heterocycles. The number of carboxylic acids is 1. The number of fused-ring (bicyclic) bond motifs is 2. The summed E-state index contributed by atoms with van der Waals surface area (Å²) in [5.41, 5.74) is 5.66. The third-order valence-corrected chi connectivity index (χ3v) is 9.60. The molecule has 0 saturated heterocycles. The van der Waals surface area contributed by atoms with Gasteiger partial charge in [0.15, 0.2) is 5.82 Å². The second-order valence-corrected chi connectivity index (χ2v) is 12.5. The number of hydrogen-bond acceptors (Lipinski definition) is 5. The van der Waals surface area contributed by atoms with E-state index in [1.807, 2.05) is 49.0 Å². The number of aromatic nitrogens is 5. The molecule has 2 N–H and O–H groups in total. The lowest BCUT2D eigenvalue weighted by Crippen LogP contribution is -2.52. The monoisotopic (exact) mass is 608 g/mol. The molecule has 0 radical (unpaired) electrons. The lowest BCUT2D eigenvalue weighted by molar-refractivity contribution is -0.131. The van der Waals surface area contributed by atoms with Crippen molar-refractivity contribution in [2.45, 2.75) is 56.4 Å². The highest BCUT2D eigenvalue weighted by Gasteiger charge is 2.44. The van der Waals surface area contributed by atoms with Crippen LogP contribution in [0, 0.1) is 0 Å². The van der Waals surface area contributed by atoms with Crippen LogP contribution >= 0.6 is 11.6 Å². The zero-order valence-electron chi connectivity index (χ0n) is 24.7. The van der Waals surface area contributed by atoms with Crippen LogP contribution in [0.15, 0.2) is 54.9 Å².